The van der Waals surface area contributed by atoms with Crippen molar-refractivity contribution in [1.82, 2.24) is 9.29 Å². The topological polar surface area (TPSA) is 35.4 Å². The number of benzene rings is 2. The Morgan fingerprint density at radius 2 is 1.89 bits per heavy atom. The average molecular weight is 408 g/mol. The fourth-order valence-corrected chi connectivity index (χ4v) is 3.81. The van der Waals surface area contributed by atoms with E-state index in [9.17, 15) is 13.2 Å². The van der Waals surface area contributed by atoms with E-state index in [-0.39, 0.29) is 11.6 Å². The van der Waals surface area contributed by atoms with Crippen LogP contribution in [0, 0.1) is 5.82 Å². The molecule has 1 heterocycles. The number of aromatic nitrogens is 1. The predicted molar refractivity (Wildman–Crippen MR) is 103 cm³/mol. The highest BCUT2D eigenvalue weighted by Crippen LogP contribution is 2.40. The van der Waals surface area contributed by atoms with Crippen LogP contribution in [-0.2, 0) is 6.54 Å². The van der Waals surface area contributed by atoms with Crippen LogP contribution in [0.1, 0.15) is 5.56 Å². The molecule has 0 fully saturated rings. The van der Waals surface area contributed by atoms with E-state index in [0.717, 1.165) is 16.8 Å². The molecule has 0 aliphatic rings. The van der Waals surface area contributed by atoms with Crippen molar-refractivity contribution in [2.75, 3.05) is 14.2 Å². The van der Waals surface area contributed by atoms with Crippen molar-refractivity contribution >= 4 is 11.9 Å². The molecule has 148 valence electrons. The molecule has 0 saturated heterocycles. The fraction of sp³-hybridized carbons (Fsp3) is 0.200. The van der Waals surface area contributed by atoms with Crippen LogP contribution in [0.2, 0.25) is 0 Å². The maximum Gasteiger partial charge on any atom is 0.387 e. The Balaban J connectivity index is 2.03. The molecule has 2 aromatic carbocycles. The molecule has 0 saturated carbocycles. The number of alkyl halides is 2. The predicted octanol–water partition coefficient (Wildman–Crippen LogP) is 5.18. The van der Waals surface area contributed by atoms with Crippen molar-refractivity contribution in [3.63, 3.8) is 0 Å². The number of rotatable bonds is 8. The highest BCUT2D eigenvalue weighted by Gasteiger charge is 2.19. The number of ether oxygens (including phenoxy) is 2. The number of halogens is 3. The smallest absolute Gasteiger partial charge is 0.387 e. The summed E-state index contributed by atoms with van der Waals surface area (Å²) >= 11 is 1.32. The summed E-state index contributed by atoms with van der Waals surface area (Å²) in [5.41, 5.74) is 2.43. The second-order valence-electron chi connectivity index (χ2n) is 5.84. The molecule has 0 spiro atoms. The van der Waals surface area contributed by atoms with E-state index in [1.165, 1.54) is 36.2 Å². The van der Waals surface area contributed by atoms with E-state index in [1.54, 1.807) is 31.4 Å². The Hall–Kier alpha value is -2.58. The van der Waals surface area contributed by atoms with Gasteiger partial charge in [0.25, 0.3) is 0 Å². The minimum absolute atomic E-state index is 0.0814. The zero-order chi connectivity index (χ0) is 20.1. The zero-order valence-corrected chi connectivity index (χ0v) is 16.1. The van der Waals surface area contributed by atoms with Gasteiger partial charge >= 0.3 is 6.61 Å². The van der Waals surface area contributed by atoms with Gasteiger partial charge in [-0.25, -0.2) is 4.39 Å². The zero-order valence-electron chi connectivity index (χ0n) is 15.3. The number of methoxy groups -OCH3 is 1. The van der Waals surface area contributed by atoms with Crippen LogP contribution < -0.4 is 14.8 Å². The second-order valence-corrected chi connectivity index (χ2v) is 6.89. The van der Waals surface area contributed by atoms with Crippen molar-refractivity contribution in [3.8, 4) is 22.8 Å². The van der Waals surface area contributed by atoms with Crippen molar-refractivity contribution in [1.29, 1.82) is 0 Å². The lowest BCUT2D eigenvalue weighted by Gasteiger charge is -2.12. The van der Waals surface area contributed by atoms with Crippen LogP contribution in [0.15, 0.2) is 59.6 Å². The number of hydrogen-bond donors (Lipinski definition) is 1. The van der Waals surface area contributed by atoms with Crippen LogP contribution in [0.4, 0.5) is 13.2 Å². The lowest BCUT2D eigenvalue weighted by molar-refractivity contribution is -0.0499. The molecule has 0 atom stereocenters. The molecule has 0 aliphatic heterocycles. The van der Waals surface area contributed by atoms with Gasteiger partial charge in [-0.2, -0.15) is 8.78 Å². The van der Waals surface area contributed by atoms with E-state index < -0.39 is 6.61 Å². The molecule has 3 rings (SSSR count). The van der Waals surface area contributed by atoms with Crippen LogP contribution >= 0.6 is 11.9 Å². The molecule has 1 N–H and O–H groups in total. The van der Waals surface area contributed by atoms with E-state index in [4.69, 9.17) is 4.74 Å². The normalized spacial score (nSPS) is 11.1. The summed E-state index contributed by atoms with van der Waals surface area (Å²) in [6.45, 7) is -2.32. The van der Waals surface area contributed by atoms with E-state index in [1.807, 2.05) is 17.2 Å². The van der Waals surface area contributed by atoms with Crippen molar-refractivity contribution in [3.05, 3.63) is 66.1 Å². The maximum absolute atomic E-state index is 13.4. The lowest BCUT2D eigenvalue weighted by Crippen LogP contribution is -2.05. The first-order valence-corrected chi connectivity index (χ1v) is 9.21. The third kappa shape index (κ3) is 4.63. The quantitative estimate of drug-likeness (QED) is 0.557. The van der Waals surface area contributed by atoms with Crippen molar-refractivity contribution in [2.45, 2.75) is 18.1 Å². The van der Waals surface area contributed by atoms with E-state index in [2.05, 4.69) is 10.1 Å². The third-order valence-electron chi connectivity index (χ3n) is 3.92. The highest BCUT2D eigenvalue weighted by molar-refractivity contribution is 7.98. The first-order chi connectivity index (χ1) is 13.5. The molecule has 0 aliphatic carbocycles. The molecule has 0 radical (unpaired) electrons. The van der Waals surface area contributed by atoms with Gasteiger partial charge < -0.3 is 14.8 Å². The molecule has 8 heteroatoms. The Labute approximate surface area is 165 Å². The Morgan fingerprint density at radius 3 is 2.54 bits per heavy atom. The minimum Gasteiger partial charge on any atom is -0.494 e. The van der Waals surface area contributed by atoms with Gasteiger partial charge in [-0.15, -0.1) is 0 Å². The summed E-state index contributed by atoms with van der Waals surface area (Å²) < 4.78 is 50.3. The molecule has 1 aromatic heterocycles. The van der Waals surface area contributed by atoms with Gasteiger partial charge in [0.2, 0.25) is 0 Å². The van der Waals surface area contributed by atoms with Crippen LogP contribution in [0.5, 0.6) is 11.5 Å². The first kappa shape index (κ1) is 20.2. The summed E-state index contributed by atoms with van der Waals surface area (Å²) in [6.07, 6.45) is 1.90. The van der Waals surface area contributed by atoms with Gasteiger partial charge in [0.15, 0.2) is 0 Å². The average Bonchev–Trinajstić information content (AvgIpc) is 2.99. The van der Waals surface area contributed by atoms with Crippen LogP contribution in [-0.4, -0.2) is 24.7 Å². The van der Waals surface area contributed by atoms with Gasteiger partial charge in [0.05, 0.1) is 7.11 Å². The molecule has 0 unspecified atom stereocenters. The minimum atomic E-state index is -2.89. The molecule has 0 bridgehead atoms. The number of nitrogens with one attached hydrogen (secondary N) is 1. The summed E-state index contributed by atoms with van der Waals surface area (Å²) in [5.74, 6) is 0.409. The molecule has 28 heavy (non-hydrogen) atoms. The molecule has 3 aromatic rings. The van der Waals surface area contributed by atoms with Crippen LogP contribution in [0.3, 0.4) is 0 Å². The van der Waals surface area contributed by atoms with E-state index in [0.29, 0.717) is 17.2 Å². The maximum atomic E-state index is 13.4. The summed E-state index contributed by atoms with van der Waals surface area (Å²) in [7, 11) is 3.40. The fourth-order valence-electron chi connectivity index (χ4n) is 2.82. The SMILES string of the molecule is CNCc1cn(Sc2cccc(OC(F)F)c2)c(-c2ccc(F)cc2)c1OC. The second kappa shape index (κ2) is 9.07. The van der Waals surface area contributed by atoms with E-state index >= 15 is 0 Å². The standard InChI is InChI=1S/C20H19F3N2O2S/c1-24-11-14-12-25(28-17-5-3-4-16(10-17)27-20(22)23)18(19(14)26-2)13-6-8-15(21)9-7-13/h3-10,12,20,24H,11H2,1-2H3. The molecular weight excluding hydrogens is 389 g/mol. The summed E-state index contributed by atoms with van der Waals surface area (Å²) in [5, 5.41) is 3.09. The summed E-state index contributed by atoms with van der Waals surface area (Å²) in [4.78, 5) is 0.704. The Morgan fingerprint density at radius 1 is 1.14 bits per heavy atom. The highest BCUT2D eigenvalue weighted by atomic mass is 32.2. The molecular formula is C20H19F3N2O2S. The Kier molecular flexibility index (Phi) is 6.53. The molecule has 4 nitrogen and oxygen atoms in total. The molecule has 0 amide bonds. The Bertz CT molecular complexity index is 930. The van der Waals surface area contributed by atoms with Crippen LogP contribution in [0.25, 0.3) is 11.3 Å². The number of hydrogen-bond acceptors (Lipinski definition) is 4. The van der Waals surface area contributed by atoms with Crippen molar-refractivity contribution in [2.24, 2.45) is 0 Å². The first-order valence-electron chi connectivity index (χ1n) is 8.43. The third-order valence-corrected chi connectivity index (χ3v) is 4.87. The van der Waals surface area contributed by atoms with Crippen molar-refractivity contribution < 1.29 is 22.6 Å². The summed E-state index contributed by atoms with van der Waals surface area (Å²) in [6, 6.07) is 12.6. The lowest BCUT2D eigenvalue weighted by atomic mass is 10.1. The monoisotopic (exact) mass is 408 g/mol. The van der Waals surface area contributed by atoms with Gasteiger partial charge in [-0.05, 0) is 61.5 Å². The largest absolute Gasteiger partial charge is 0.494 e. The van der Waals surface area contributed by atoms with Gasteiger partial charge in [0, 0.05) is 28.8 Å². The number of nitrogens with zero attached hydrogens (tertiary/aromatic N) is 1. The van der Waals surface area contributed by atoms with Gasteiger partial charge in [0.1, 0.15) is 23.0 Å². The van der Waals surface area contributed by atoms with Gasteiger partial charge in [-0.3, -0.25) is 3.97 Å². The van der Waals surface area contributed by atoms with Gasteiger partial charge in [-0.1, -0.05) is 6.07 Å².